The van der Waals surface area contributed by atoms with Crippen molar-refractivity contribution in [2.24, 2.45) is 10.1 Å². The number of halogens is 1. The van der Waals surface area contributed by atoms with Crippen molar-refractivity contribution in [2.75, 3.05) is 13.2 Å². The second-order valence-electron chi connectivity index (χ2n) is 6.21. The third-order valence-electron chi connectivity index (χ3n) is 4.16. The maximum atomic E-state index is 12.4. The van der Waals surface area contributed by atoms with Gasteiger partial charge in [0, 0.05) is 24.3 Å². The largest absolute Gasteiger partial charge is 0.380 e. The third-order valence-corrected chi connectivity index (χ3v) is 6.46. The number of thiazole rings is 1. The van der Waals surface area contributed by atoms with Crippen LogP contribution >= 0.6 is 22.9 Å². The van der Waals surface area contributed by atoms with E-state index in [9.17, 15) is 13.2 Å². The maximum absolute atomic E-state index is 12.4. The van der Waals surface area contributed by atoms with Crippen molar-refractivity contribution in [3.63, 3.8) is 0 Å². The Kier molecular flexibility index (Phi) is 7.22. The normalized spacial score (nSPS) is 12.8. The molecule has 0 saturated heterocycles. The summed E-state index contributed by atoms with van der Waals surface area (Å²) in [6.07, 6.45) is 2.94. The standard InChI is InChI=1S/C20H20ClN3O4S2/c1-2-28-12-11-24-17-9-8-15(30(22,26)27)13-18(17)29-20(24)23-19(25)10-7-14-5-3-4-6-16(14)21/h3-10,13H,2,11-12H2,1H3,(H2,22,26,27). The number of primary sulfonamides is 1. The minimum absolute atomic E-state index is 0.00435. The number of rotatable bonds is 7. The van der Waals surface area contributed by atoms with Gasteiger partial charge in [0.15, 0.2) is 4.80 Å². The summed E-state index contributed by atoms with van der Waals surface area (Å²) in [4.78, 5) is 17.1. The molecule has 30 heavy (non-hydrogen) atoms. The zero-order valence-corrected chi connectivity index (χ0v) is 18.5. The second kappa shape index (κ2) is 9.67. The van der Waals surface area contributed by atoms with Crippen molar-refractivity contribution in [1.29, 1.82) is 0 Å². The Morgan fingerprint density at radius 3 is 2.77 bits per heavy atom. The van der Waals surface area contributed by atoms with Gasteiger partial charge < -0.3 is 9.30 Å². The van der Waals surface area contributed by atoms with Crippen molar-refractivity contribution in [3.8, 4) is 0 Å². The molecule has 0 spiro atoms. The molecular weight excluding hydrogens is 446 g/mol. The van der Waals surface area contributed by atoms with E-state index in [4.69, 9.17) is 21.5 Å². The summed E-state index contributed by atoms with van der Waals surface area (Å²) in [5.74, 6) is -0.460. The monoisotopic (exact) mass is 465 g/mol. The van der Waals surface area contributed by atoms with Gasteiger partial charge in [0.1, 0.15) is 0 Å². The van der Waals surface area contributed by atoms with Crippen molar-refractivity contribution in [3.05, 3.63) is 63.9 Å². The van der Waals surface area contributed by atoms with E-state index in [1.165, 1.54) is 29.5 Å². The molecule has 0 bridgehead atoms. The second-order valence-corrected chi connectivity index (χ2v) is 9.19. The fraction of sp³-hybridized carbons (Fsp3) is 0.200. The Hall–Kier alpha value is -2.30. The molecule has 3 aromatic rings. The predicted octanol–water partition coefficient (Wildman–Crippen LogP) is 3.18. The Labute approximate surface area is 183 Å². The van der Waals surface area contributed by atoms with Gasteiger partial charge in [-0.15, -0.1) is 0 Å². The molecule has 0 atom stereocenters. The smallest absolute Gasteiger partial charge is 0.272 e. The van der Waals surface area contributed by atoms with E-state index in [-0.39, 0.29) is 4.90 Å². The Morgan fingerprint density at radius 1 is 1.30 bits per heavy atom. The molecule has 0 aliphatic carbocycles. The highest BCUT2D eigenvalue weighted by Gasteiger charge is 2.13. The van der Waals surface area contributed by atoms with Gasteiger partial charge in [-0.2, -0.15) is 4.99 Å². The van der Waals surface area contributed by atoms with Crippen molar-refractivity contribution >= 4 is 55.2 Å². The quantitative estimate of drug-likeness (QED) is 0.427. The van der Waals surface area contributed by atoms with Crippen LogP contribution in [0.15, 0.2) is 58.4 Å². The summed E-state index contributed by atoms with van der Waals surface area (Å²) in [5.41, 5.74) is 1.45. The van der Waals surface area contributed by atoms with Gasteiger partial charge in [-0.1, -0.05) is 41.1 Å². The molecule has 0 unspecified atom stereocenters. The summed E-state index contributed by atoms with van der Waals surface area (Å²) in [6.45, 7) is 3.34. The van der Waals surface area contributed by atoms with Crippen LogP contribution in [0.25, 0.3) is 16.3 Å². The molecule has 0 aliphatic rings. The molecule has 2 N–H and O–H groups in total. The van der Waals surface area contributed by atoms with E-state index in [1.807, 2.05) is 17.6 Å². The van der Waals surface area contributed by atoms with E-state index in [1.54, 1.807) is 30.3 Å². The van der Waals surface area contributed by atoms with Crippen LogP contribution in [0.5, 0.6) is 0 Å². The first kappa shape index (κ1) is 22.4. The van der Waals surface area contributed by atoms with Crippen LogP contribution in [-0.2, 0) is 26.1 Å². The number of ether oxygens (including phenoxy) is 1. The number of amides is 1. The summed E-state index contributed by atoms with van der Waals surface area (Å²) in [5, 5.41) is 5.76. The first-order valence-corrected chi connectivity index (χ1v) is 11.8. The Morgan fingerprint density at radius 2 is 2.07 bits per heavy atom. The molecule has 1 aromatic heterocycles. The van der Waals surface area contributed by atoms with E-state index >= 15 is 0 Å². The number of hydrogen-bond donors (Lipinski definition) is 1. The van der Waals surface area contributed by atoms with Crippen LogP contribution in [0.4, 0.5) is 0 Å². The molecule has 3 rings (SSSR count). The van der Waals surface area contributed by atoms with Crippen LogP contribution in [-0.4, -0.2) is 32.1 Å². The number of nitrogens with two attached hydrogens (primary N) is 1. The fourth-order valence-electron chi connectivity index (χ4n) is 2.73. The molecule has 0 radical (unpaired) electrons. The number of sulfonamides is 1. The molecule has 0 aliphatic heterocycles. The van der Waals surface area contributed by atoms with Crippen LogP contribution in [0.1, 0.15) is 12.5 Å². The van der Waals surface area contributed by atoms with Gasteiger partial charge in [-0.25, -0.2) is 13.6 Å². The van der Waals surface area contributed by atoms with Crippen LogP contribution < -0.4 is 9.94 Å². The van der Waals surface area contributed by atoms with Crippen LogP contribution in [0.3, 0.4) is 0 Å². The predicted molar refractivity (Wildman–Crippen MR) is 119 cm³/mol. The first-order chi connectivity index (χ1) is 14.3. The molecule has 1 heterocycles. The number of fused-ring (bicyclic) bond motifs is 1. The van der Waals surface area contributed by atoms with Crippen molar-refractivity contribution < 1.29 is 17.9 Å². The zero-order chi connectivity index (χ0) is 21.7. The van der Waals surface area contributed by atoms with Gasteiger partial charge in [-0.3, -0.25) is 4.79 Å². The lowest BCUT2D eigenvalue weighted by Crippen LogP contribution is -2.19. The highest BCUT2D eigenvalue weighted by atomic mass is 35.5. The lowest BCUT2D eigenvalue weighted by Gasteiger charge is -2.05. The first-order valence-electron chi connectivity index (χ1n) is 9.05. The molecule has 2 aromatic carbocycles. The minimum atomic E-state index is -3.83. The number of benzene rings is 2. The average molecular weight is 466 g/mol. The van der Waals surface area contributed by atoms with E-state index in [2.05, 4.69) is 4.99 Å². The Balaban J connectivity index is 2.02. The lowest BCUT2D eigenvalue weighted by atomic mass is 10.2. The summed E-state index contributed by atoms with van der Waals surface area (Å²) < 4.78 is 31.2. The number of carbonyl (C=O) groups excluding carboxylic acids is 1. The number of nitrogens with zero attached hydrogens (tertiary/aromatic N) is 2. The molecule has 7 nitrogen and oxygen atoms in total. The molecule has 1 amide bonds. The van der Waals surface area contributed by atoms with E-state index < -0.39 is 15.9 Å². The van der Waals surface area contributed by atoms with E-state index in [0.29, 0.717) is 39.8 Å². The minimum Gasteiger partial charge on any atom is -0.380 e. The van der Waals surface area contributed by atoms with Gasteiger partial charge >= 0.3 is 0 Å². The number of hydrogen-bond acceptors (Lipinski definition) is 5. The van der Waals surface area contributed by atoms with Crippen molar-refractivity contribution in [1.82, 2.24) is 4.57 Å². The summed E-state index contributed by atoms with van der Waals surface area (Å²) >= 11 is 7.31. The lowest BCUT2D eigenvalue weighted by molar-refractivity contribution is -0.113. The average Bonchev–Trinajstić information content (AvgIpc) is 3.03. The Bertz CT molecular complexity index is 1280. The maximum Gasteiger partial charge on any atom is 0.272 e. The van der Waals surface area contributed by atoms with Crippen molar-refractivity contribution in [2.45, 2.75) is 18.4 Å². The van der Waals surface area contributed by atoms with Crippen LogP contribution in [0.2, 0.25) is 5.02 Å². The highest BCUT2D eigenvalue weighted by molar-refractivity contribution is 7.89. The fourth-order valence-corrected chi connectivity index (χ4v) is 4.65. The van der Waals surface area contributed by atoms with Gasteiger partial charge in [0.2, 0.25) is 10.0 Å². The van der Waals surface area contributed by atoms with E-state index in [0.717, 1.165) is 5.52 Å². The zero-order valence-electron chi connectivity index (χ0n) is 16.1. The molecular formula is C20H20ClN3O4S2. The molecule has 0 saturated carbocycles. The summed E-state index contributed by atoms with van der Waals surface area (Å²) in [6, 6.07) is 11.7. The topological polar surface area (TPSA) is 104 Å². The molecule has 0 fully saturated rings. The SMILES string of the molecule is CCOCCn1c(=NC(=O)C=Cc2ccccc2Cl)sc2cc(S(N)(=O)=O)ccc21. The van der Waals surface area contributed by atoms with Gasteiger partial charge in [0.05, 0.1) is 21.7 Å². The summed E-state index contributed by atoms with van der Waals surface area (Å²) in [7, 11) is -3.83. The third kappa shape index (κ3) is 5.44. The number of aromatic nitrogens is 1. The van der Waals surface area contributed by atoms with Crippen LogP contribution in [0, 0.1) is 0 Å². The highest BCUT2D eigenvalue weighted by Crippen LogP contribution is 2.21. The molecule has 158 valence electrons. The number of carbonyl (C=O) groups is 1. The van der Waals surface area contributed by atoms with Gasteiger partial charge in [0.25, 0.3) is 5.91 Å². The van der Waals surface area contributed by atoms with Gasteiger partial charge in [-0.05, 0) is 42.8 Å². The molecule has 10 heteroatoms.